The quantitative estimate of drug-likeness (QED) is 0.333. The molecule has 0 saturated carbocycles. The number of amides is 2. The molecule has 0 heterocycles. The van der Waals surface area contributed by atoms with E-state index in [1.165, 1.54) is 55.5 Å². The molecule has 0 aliphatic heterocycles. The van der Waals surface area contributed by atoms with Crippen LogP contribution in [0.3, 0.4) is 0 Å². The molecule has 0 bridgehead atoms. The van der Waals surface area contributed by atoms with Crippen LogP contribution in [0.4, 0.5) is 10.1 Å². The molecule has 9 nitrogen and oxygen atoms in total. The molecule has 0 fully saturated rings. The minimum Gasteiger partial charge on any atom is -0.497 e. The van der Waals surface area contributed by atoms with Crippen molar-refractivity contribution in [3.05, 3.63) is 84.2 Å². The Kier molecular flexibility index (Phi) is 10.5. The van der Waals surface area contributed by atoms with Crippen molar-refractivity contribution < 1.29 is 31.9 Å². The predicted octanol–water partition coefficient (Wildman–Crippen LogP) is 3.98. The highest BCUT2D eigenvalue weighted by atomic mass is 32.2. The molecule has 0 aliphatic carbocycles. The van der Waals surface area contributed by atoms with Gasteiger partial charge < -0.3 is 19.7 Å². The Bertz CT molecular complexity index is 1400. The summed E-state index contributed by atoms with van der Waals surface area (Å²) in [5.41, 5.74) is 0.788. The molecule has 3 aromatic rings. The maximum absolute atomic E-state index is 13.9. The highest BCUT2D eigenvalue weighted by Gasteiger charge is 2.33. The maximum Gasteiger partial charge on any atom is 0.264 e. The average Bonchev–Trinajstić information content (AvgIpc) is 2.96. The normalized spacial score (nSPS) is 11.8. The summed E-state index contributed by atoms with van der Waals surface area (Å²) in [5.74, 6) is -0.493. The van der Waals surface area contributed by atoms with Crippen molar-refractivity contribution in [3.8, 4) is 11.5 Å². The molecule has 0 radical (unpaired) electrons. The van der Waals surface area contributed by atoms with Gasteiger partial charge in [-0.3, -0.25) is 13.9 Å². The number of ether oxygens (including phenoxy) is 2. The van der Waals surface area contributed by atoms with Crippen molar-refractivity contribution >= 4 is 27.5 Å². The minimum atomic E-state index is -4.28. The van der Waals surface area contributed by atoms with Gasteiger partial charge in [-0.2, -0.15) is 0 Å². The molecule has 3 aromatic carbocycles. The molecule has 0 aliphatic rings. The van der Waals surface area contributed by atoms with Crippen LogP contribution in [0.1, 0.15) is 25.8 Å². The van der Waals surface area contributed by atoms with Crippen LogP contribution in [-0.2, 0) is 26.2 Å². The first-order valence-electron chi connectivity index (χ1n) is 12.8. The monoisotopic (exact) mass is 571 g/mol. The van der Waals surface area contributed by atoms with Gasteiger partial charge >= 0.3 is 0 Å². The smallest absolute Gasteiger partial charge is 0.264 e. The van der Waals surface area contributed by atoms with Crippen LogP contribution < -0.4 is 19.1 Å². The molecule has 0 saturated heterocycles. The first-order chi connectivity index (χ1) is 19.1. The second kappa shape index (κ2) is 13.8. The molecular formula is C29H34FN3O6S. The van der Waals surface area contributed by atoms with E-state index in [9.17, 15) is 22.4 Å². The number of hydrogen-bond donors (Lipinski definition) is 1. The maximum atomic E-state index is 13.9. The van der Waals surface area contributed by atoms with E-state index in [0.717, 1.165) is 16.4 Å². The number of likely N-dealkylation sites (N-methyl/N-ethyl adjacent to an activating group) is 1. The summed E-state index contributed by atoms with van der Waals surface area (Å²) >= 11 is 0. The molecule has 0 aromatic heterocycles. The van der Waals surface area contributed by atoms with Crippen LogP contribution in [0.2, 0.25) is 0 Å². The number of methoxy groups -OCH3 is 1. The number of carbonyl (C=O) groups is 2. The van der Waals surface area contributed by atoms with Crippen LogP contribution in [0.25, 0.3) is 0 Å². The van der Waals surface area contributed by atoms with E-state index in [0.29, 0.717) is 23.7 Å². The topological polar surface area (TPSA) is 105 Å². The zero-order chi connectivity index (χ0) is 29.3. The van der Waals surface area contributed by atoms with Gasteiger partial charge in [-0.25, -0.2) is 12.8 Å². The Morgan fingerprint density at radius 1 is 0.975 bits per heavy atom. The van der Waals surface area contributed by atoms with E-state index in [1.807, 2.05) is 6.92 Å². The van der Waals surface area contributed by atoms with E-state index < -0.39 is 34.3 Å². The Labute approximate surface area is 234 Å². The molecule has 2 amide bonds. The van der Waals surface area contributed by atoms with Crippen LogP contribution >= 0.6 is 0 Å². The lowest BCUT2D eigenvalue weighted by atomic mass is 10.1. The number of sulfonamides is 1. The van der Waals surface area contributed by atoms with Crippen molar-refractivity contribution in [1.82, 2.24) is 10.2 Å². The van der Waals surface area contributed by atoms with Crippen molar-refractivity contribution in [2.75, 3.05) is 31.6 Å². The van der Waals surface area contributed by atoms with E-state index in [1.54, 1.807) is 31.2 Å². The van der Waals surface area contributed by atoms with Gasteiger partial charge in [-0.05, 0) is 79.6 Å². The Hall–Kier alpha value is -4.12. The van der Waals surface area contributed by atoms with Gasteiger partial charge in [0.25, 0.3) is 10.0 Å². The van der Waals surface area contributed by atoms with E-state index in [4.69, 9.17) is 9.47 Å². The zero-order valence-corrected chi connectivity index (χ0v) is 23.8. The number of nitrogens with zero attached hydrogens (tertiary/aromatic N) is 2. The second-order valence-corrected chi connectivity index (χ2v) is 10.7. The lowest BCUT2D eigenvalue weighted by Gasteiger charge is -2.33. The molecule has 11 heteroatoms. The van der Waals surface area contributed by atoms with E-state index in [2.05, 4.69) is 5.32 Å². The van der Waals surface area contributed by atoms with Gasteiger partial charge in [0.15, 0.2) is 0 Å². The van der Waals surface area contributed by atoms with Crippen molar-refractivity contribution in [2.24, 2.45) is 0 Å². The summed E-state index contributed by atoms with van der Waals surface area (Å²) in [5, 5.41) is 2.58. The predicted molar refractivity (Wildman–Crippen MR) is 150 cm³/mol. The third kappa shape index (κ3) is 7.29. The Morgan fingerprint density at radius 2 is 1.65 bits per heavy atom. The second-order valence-electron chi connectivity index (χ2n) is 8.80. The van der Waals surface area contributed by atoms with Crippen LogP contribution in [0.5, 0.6) is 11.5 Å². The molecule has 1 atom stereocenters. The van der Waals surface area contributed by atoms with Gasteiger partial charge in [0.05, 0.1) is 24.3 Å². The standard InChI is InChI=1S/C29H34FN3O6S/c1-5-27(29(35)31-3)32(19-21-8-7-9-25(18-21)38-4)28(34)20-33(23-12-10-22(30)11-13-23)40(36,37)26-16-14-24(15-17-26)39-6-2/h7-18,27H,5-6,19-20H2,1-4H3,(H,31,35)/t27-/m1/s1. The van der Waals surface area contributed by atoms with Gasteiger partial charge in [0.2, 0.25) is 11.8 Å². The van der Waals surface area contributed by atoms with E-state index >= 15 is 0 Å². The van der Waals surface area contributed by atoms with Gasteiger partial charge in [-0.15, -0.1) is 0 Å². The highest BCUT2D eigenvalue weighted by Crippen LogP contribution is 2.27. The van der Waals surface area contributed by atoms with Crippen LogP contribution in [0.15, 0.2) is 77.7 Å². The zero-order valence-electron chi connectivity index (χ0n) is 23.0. The fraction of sp³-hybridized carbons (Fsp3) is 0.310. The summed E-state index contributed by atoms with van der Waals surface area (Å²) in [4.78, 5) is 28.0. The number of halogens is 1. The molecule has 1 N–H and O–H groups in total. The third-order valence-electron chi connectivity index (χ3n) is 6.24. The number of anilines is 1. The Morgan fingerprint density at radius 3 is 2.23 bits per heavy atom. The lowest BCUT2D eigenvalue weighted by molar-refractivity contribution is -0.140. The fourth-order valence-electron chi connectivity index (χ4n) is 4.19. The number of rotatable bonds is 13. The first-order valence-corrected chi connectivity index (χ1v) is 14.2. The van der Waals surface area contributed by atoms with Gasteiger partial charge in [0.1, 0.15) is 29.9 Å². The molecule has 214 valence electrons. The molecule has 3 rings (SSSR count). The summed E-state index contributed by atoms with van der Waals surface area (Å²) in [6, 6.07) is 16.8. The molecule has 40 heavy (non-hydrogen) atoms. The number of nitrogens with one attached hydrogen (secondary N) is 1. The van der Waals surface area contributed by atoms with Crippen molar-refractivity contribution in [1.29, 1.82) is 0 Å². The molecule has 0 unspecified atom stereocenters. The number of carbonyl (C=O) groups excluding carboxylic acids is 2. The van der Waals surface area contributed by atoms with Crippen LogP contribution in [-0.4, -0.2) is 58.5 Å². The average molecular weight is 572 g/mol. The SMILES string of the molecule is CCOc1ccc(S(=O)(=O)N(CC(=O)N(Cc2cccc(OC)c2)[C@H](CC)C(=O)NC)c2ccc(F)cc2)cc1. The van der Waals surface area contributed by atoms with E-state index in [-0.39, 0.29) is 29.5 Å². The largest absolute Gasteiger partial charge is 0.497 e. The van der Waals surface area contributed by atoms with Gasteiger partial charge in [-0.1, -0.05) is 19.1 Å². The summed E-state index contributed by atoms with van der Waals surface area (Å²) in [6.07, 6.45) is 0.289. The van der Waals surface area contributed by atoms with Gasteiger partial charge in [0, 0.05) is 13.6 Å². The minimum absolute atomic E-state index is 0.0301. The highest BCUT2D eigenvalue weighted by molar-refractivity contribution is 7.92. The van der Waals surface area contributed by atoms with Crippen molar-refractivity contribution in [2.45, 2.75) is 37.8 Å². The first kappa shape index (κ1) is 30.4. The fourth-order valence-corrected chi connectivity index (χ4v) is 5.61. The third-order valence-corrected chi connectivity index (χ3v) is 8.02. The number of hydrogen-bond acceptors (Lipinski definition) is 6. The molecule has 0 spiro atoms. The number of benzene rings is 3. The summed E-state index contributed by atoms with van der Waals surface area (Å²) in [6.45, 7) is 3.39. The Balaban J connectivity index is 2.04. The summed E-state index contributed by atoms with van der Waals surface area (Å²) in [7, 11) is -1.29. The summed E-state index contributed by atoms with van der Waals surface area (Å²) < 4.78 is 53.1. The molecular weight excluding hydrogens is 537 g/mol. The lowest BCUT2D eigenvalue weighted by Crippen LogP contribution is -2.51. The van der Waals surface area contributed by atoms with Crippen LogP contribution in [0, 0.1) is 5.82 Å². The van der Waals surface area contributed by atoms with Crippen molar-refractivity contribution in [3.63, 3.8) is 0 Å².